The Balaban J connectivity index is 1.96. The zero-order valence-corrected chi connectivity index (χ0v) is 11.1. The van der Waals surface area contributed by atoms with Crippen molar-refractivity contribution in [2.45, 2.75) is 64.5 Å². The Bertz CT molecular complexity index is 229. The first-order chi connectivity index (χ1) is 7.46. The van der Waals surface area contributed by atoms with Crippen LogP contribution in [0.3, 0.4) is 0 Å². The van der Waals surface area contributed by atoms with Crippen LogP contribution in [-0.2, 0) is 0 Å². The van der Waals surface area contributed by atoms with Crippen LogP contribution >= 0.6 is 0 Å². The predicted octanol–water partition coefficient (Wildman–Crippen LogP) is 2.66. The smallest absolute Gasteiger partial charge is 0.0746 e. The summed E-state index contributed by atoms with van der Waals surface area (Å²) in [6.07, 6.45) is 6.19. The van der Waals surface area contributed by atoms with Crippen molar-refractivity contribution in [2.24, 2.45) is 11.8 Å². The first-order valence-electron chi connectivity index (χ1n) is 6.93. The minimum Gasteiger partial charge on any atom is -0.389 e. The molecule has 0 aromatic rings. The predicted molar refractivity (Wildman–Crippen MR) is 67.4 cm³/mol. The second-order valence-corrected chi connectivity index (χ2v) is 6.64. The molecule has 1 aliphatic carbocycles. The lowest BCUT2D eigenvalue weighted by Crippen LogP contribution is -2.51. The zero-order valence-electron chi connectivity index (χ0n) is 11.1. The lowest BCUT2D eigenvalue weighted by Gasteiger charge is -2.45. The molecule has 3 unspecified atom stereocenters. The number of hydrogen-bond acceptors (Lipinski definition) is 2. The molecule has 0 bridgehead atoms. The first-order valence-corrected chi connectivity index (χ1v) is 6.93. The molecule has 0 spiro atoms. The van der Waals surface area contributed by atoms with Gasteiger partial charge < -0.3 is 5.11 Å². The molecule has 1 aliphatic heterocycles. The van der Waals surface area contributed by atoms with Gasteiger partial charge in [0, 0.05) is 12.6 Å². The number of piperidine rings is 1. The molecule has 0 aromatic carbocycles. The van der Waals surface area contributed by atoms with Gasteiger partial charge in [0.05, 0.1) is 5.60 Å². The summed E-state index contributed by atoms with van der Waals surface area (Å²) in [5.41, 5.74) is -0.442. The van der Waals surface area contributed by atoms with E-state index < -0.39 is 5.60 Å². The third kappa shape index (κ3) is 2.98. The number of aliphatic hydroxyl groups is 1. The molecule has 0 aromatic heterocycles. The summed E-state index contributed by atoms with van der Waals surface area (Å²) in [6.45, 7) is 8.84. The van der Waals surface area contributed by atoms with Crippen LogP contribution in [0.2, 0.25) is 0 Å². The highest BCUT2D eigenvalue weighted by Crippen LogP contribution is 2.34. The summed E-state index contributed by atoms with van der Waals surface area (Å²) in [4.78, 5) is 2.55. The van der Waals surface area contributed by atoms with Crippen molar-refractivity contribution >= 4 is 0 Å². The van der Waals surface area contributed by atoms with Crippen molar-refractivity contribution < 1.29 is 5.11 Å². The summed E-state index contributed by atoms with van der Waals surface area (Å²) >= 11 is 0. The Hall–Kier alpha value is -0.0800. The van der Waals surface area contributed by atoms with Crippen molar-refractivity contribution in [3.8, 4) is 0 Å². The van der Waals surface area contributed by atoms with Gasteiger partial charge in [-0.15, -0.1) is 0 Å². The Morgan fingerprint density at radius 3 is 2.31 bits per heavy atom. The van der Waals surface area contributed by atoms with E-state index in [1.807, 2.05) is 6.92 Å². The minimum atomic E-state index is -0.442. The van der Waals surface area contributed by atoms with E-state index in [2.05, 4.69) is 18.7 Å². The molecule has 2 rings (SSSR count). The average Bonchev–Trinajstić information content (AvgIpc) is 2.14. The molecule has 0 radical (unpaired) electrons. The topological polar surface area (TPSA) is 23.5 Å². The molecule has 16 heavy (non-hydrogen) atoms. The number of rotatable bonds is 1. The molecule has 1 N–H and O–H groups in total. The van der Waals surface area contributed by atoms with Gasteiger partial charge in [-0.1, -0.05) is 13.8 Å². The van der Waals surface area contributed by atoms with Gasteiger partial charge >= 0.3 is 0 Å². The van der Waals surface area contributed by atoms with Crippen LogP contribution in [0.15, 0.2) is 0 Å². The van der Waals surface area contributed by atoms with Crippen LogP contribution < -0.4 is 0 Å². The largest absolute Gasteiger partial charge is 0.389 e. The lowest BCUT2D eigenvalue weighted by atomic mass is 9.79. The molecule has 2 nitrogen and oxygen atoms in total. The molecular weight excluding hydrogens is 198 g/mol. The van der Waals surface area contributed by atoms with Crippen LogP contribution in [0, 0.1) is 11.8 Å². The van der Waals surface area contributed by atoms with Crippen molar-refractivity contribution in [1.82, 2.24) is 4.90 Å². The van der Waals surface area contributed by atoms with Crippen LogP contribution in [0.1, 0.15) is 52.9 Å². The van der Waals surface area contributed by atoms with Gasteiger partial charge in [0.15, 0.2) is 0 Å². The third-order valence-electron chi connectivity index (χ3n) is 4.37. The number of β-amino-alcohol motifs (C(OH)–C–C–N with tert-alkyl or cyclic N) is 1. The highest BCUT2D eigenvalue weighted by Gasteiger charge is 2.35. The maximum absolute atomic E-state index is 10.2. The molecule has 2 fully saturated rings. The molecule has 2 aliphatic rings. The lowest BCUT2D eigenvalue weighted by molar-refractivity contribution is -0.0413. The van der Waals surface area contributed by atoms with Crippen molar-refractivity contribution in [1.29, 1.82) is 0 Å². The summed E-state index contributed by atoms with van der Waals surface area (Å²) in [6, 6.07) is 0.727. The molecule has 1 saturated carbocycles. The fourth-order valence-electron chi connectivity index (χ4n) is 3.77. The minimum absolute atomic E-state index is 0.442. The van der Waals surface area contributed by atoms with Gasteiger partial charge in [-0.2, -0.15) is 0 Å². The van der Waals surface area contributed by atoms with E-state index >= 15 is 0 Å². The van der Waals surface area contributed by atoms with Crippen molar-refractivity contribution in [2.75, 3.05) is 13.1 Å². The Labute approximate surface area is 100 Å². The monoisotopic (exact) mass is 225 g/mol. The maximum atomic E-state index is 10.2. The van der Waals surface area contributed by atoms with Gasteiger partial charge in [0.2, 0.25) is 0 Å². The Morgan fingerprint density at radius 2 is 1.75 bits per heavy atom. The molecule has 0 amide bonds. The molecule has 1 saturated heterocycles. The summed E-state index contributed by atoms with van der Waals surface area (Å²) in [7, 11) is 0. The van der Waals surface area contributed by atoms with E-state index in [-0.39, 0.29) is 0 Å². The van der Waals surface area contributed by atoms with E-state index in [1.54, 1.807) is 0 Å². The zero-order chi connectivity index (χ0) is 11.8. The SMILES string of the molecule is CC1CC(C)CC(N2CCCC(C)(O)C2)C1. The summed E-state index contributed by atoms with van der Waals surface area (Å²) in [5.74, 6) is 1.72. The van der Waals surface area contributed by atoms with E-state index in [0.717, 1.165) is 37.3 Å². The van der Waals surface area contributed by atoms with Crippen LogP contribution in [0.4, 0.5) is 0 Å². The Morgan fingerprint density at radius 1 is 1.12 bits per heavy atom. The van der Waals surface area contributed by atoms with Crippen molar-refractivity contribution in [3.05, 3.63) is 0 Å². The molecule has 2 heteroatoms. The fraction of sp³-hybridized carbons (Fsp3) is 1.00. The second kappa shape index (κ2) is 4.66. The van der Waals surface area contributed by atoms with Crippen molar-refractivity contribution in [3.63, 3.8) is 0 Å². The quantitative estimate of drug-likeness (QED) is 0.741. The standard InChI is InChI=1S/C14H27NO/c1-11-7-12(2)9-13(8-11)15-6-4-5-14(3,16)10-15/h11-13,16H,4-10H2,1-3H3. The van der Waals surface area contributed by atoms with Gasteiger partial charge in [0.25, 0.3) is 0 Å². The average molecular weight is 225 g/mol. The van der Waals surface area contributed by atoms with Gasteiger partial charge in [0.1, 0.15) is 0 Å². The van der Waals surface area contributed by atoms with E-state index in [4.69, 9.17) is 0 Å². The highest BCUT2D eigenvalue weighted by molar-refractivity contribution is 4.89. The van der Waals surface area contributed by atoms with Gasteiger partial charge in [-0.05, 0) is 57.4 Å². The van der Waals surface area contributed by atoms with Gasteiger partial charge in [-0.3, -0.25) is 4.90 Å². The molecule has 3 atom stereocenters. The number of likely N-dealkylation sites (tertiary alicyclic amines) is 1. The Kier molecular flexibility index (Phi) is 3.60. The number of nitrogens with zero attached hydrogens (tertiary/aromatic N) is 1. The molecule has 94 valence electrons. The summed E-state index contributed by atoms with van der Waals surface area (Å²) < 4.78 is 0. The maximum Gasteiger partial charge on any atom is 0.0746 e. The fourth-order valence-corrected chi connectivity index (χ4v) is 3.77. The first kappa shape index (κ1) is 12.4. The third-order valence-corrected chi connectivity index (χ3v) is 4.37. The second-order valence-electron chi connectivity index (χ2n) is 6.64. The van der Waals surface area contributed by atoms with E-state index in [9.17, 15) is 5.11 Å². The molecule has 1 heterocycles. The van der Waals surface area contributed by atoms with Gasteiger partial charge in [-0.25, -0.2) is 0 Å². The van der Waals surface area contributed by atoms with Crippen LogP contribution in [0.25, 0.3) is 0 Å². The van der Waals surface area contributed by atoms with Crippen LogP contribution in [-0.4, -0.2) is 34.7 Å². The normalized spacial score (nSPS) is 46.9. The molecular formula is C14H27NO. The van der Waals surface area contributed by atoms with E-state index in [1.165, 1.54) is 25.8 Å². The van der Waals surface area contributed by atoms with Crippen LogP contribution in [0.5, 0.6) is 0 Å². The summed E-state index contributed by atoms with van der Waals surface area (Å²) in [5, 5.41) is 10.2. The highest BCUT2D eigenvalue weighted by atomic mass is 16.3. The van der Waals surface area contributed by atoms with E-state index in [0.29, 0.717) is 0 Å². The number of hydrogen-bond donors (Lipinski definition) is 1.